The van der Waals surface area contributed by atoms with Crippen LogP contribution >= 0.6 is 0 Å². The summed E-state index contributed by atoms with van der Waals surface area (Å²) >= 11 is 0. The van der Waals surface area contributed by atoms with Crippen LogP contribution in [0.3, 0.4) is 0 Å². The van der Waals surface area contributed by atoms with Crippen molar-refractivity contribution < 1.29 is 9.26 Å². The van der Waals surface area contributed by atoms with Crippen LogP contribution in [0, 0.1) is 19.8 Å². The second-order valence-electron chi connectivity index (χ2n) is 9.03. The van der Waals surface area contributed by atoms with E-state index in [1.807, 2.05) is 32.6 Å². The fourth-order valence-corrected chi connectivity index (χ4v) is 5.35. The van der Waals surface area contributed by atoms with Gasteiger partial charge in [-0.1, -0.05) is 35.5 Å². The van der Waals surface area contributed by atoms with E-state index in [1.165, 1.54) is 5.56 Å². The molecule has 1 aliphatic rings. The Labute approximate surface area is 197 Å². The van der Waals surface area contributed by atoms with Gasteiger partial charge in [0.05, 0.1) is 35.3 Å². The third-order valence-electron chi connectivity index (χ3n) is 6.96. The summed E-state index contributed by atoms with van der Waals surface area (Å²) in [6.07, 6.45) is 7.81. The van der Waals surface area contributed by atoms with Crippen molar-refractivity contribution in [3.63, 3.8) is 0 Å². The summed E-state index contributed by atoms with van der Waals surface area (Å²) in [5, 5.41) is 11.3. The maximum absolute atomic E-state index is 5.70. The summed E-state index contributed by atoms with van der Waals surface area (Å²) in [6.45, 7) is 5.54. The van der Waals surface area contributed by atoms with E-state index in [-0.39, 0.29) is 6.04 Å². The number of aryl methyl sites for hydroxylation is 2. The molecular weight excluding hydrogens is 426 g/mol. The molecule has 7 heteroatoms. The molecule has 172 valence electrons. The van der Waals surface area contributed by atoms with E-state index in [1.54, 1.807) is 0 Å². The molecule has 0 saturated carbocycles. The molecule has 2 aromatic carbocycles. The van der Waals surface area contributed by atoms with Gasteiger partial charge in [-0.3, -0.25) is 5.10 Å². The lowest BCUT2D eigenvalue weighted by Gasteiger charge is -2.32. The number of ether oxygens (including phenoxy) is 1. The Bertz CT molecular complexity index is 1390. The van der Waals surface area contributed by atoms with Gasteiger partial charge in [-0.15, -0.1) is 0 Å². The number of aromatic amines is 1. The third-order valence-corrected chi connectivity index (χ3v) is 6.96. The van der Waals surface area contributed by atoms with Crippen LogP contribution in [-0.2, 0) is 4.74 Å². The van der Waals surface area contributed by atoms with Gasteiger partial charge in [0.25, 0.3) is 0 Å². The number of nitrogens with one attached hydrogen (secondary N) is 1. The van der Waals surface area contributed by atoms with Crippen molar-refractivity contribution in [2.75, 3.05) is 13.2 Å². The molecule has 6 rings (SSSR count). The fraction of sp³-hybridized carbons (Fsp3) is 0.296. The molecular formula is C27H27N5O2. The van der Waals surface area contributed by atoms with Gasteiger partial charge in [-0.05, 0) is 55.9 Å². The first-order valence-electron chi connectivity index (χ1n) is 11.8. The maximum atomic E-state index is 5.70. The maximum Gasteiger partial charge on any atom is 0.141 e. The Balaban J connectivity index is 1.60. The summed E-state index contributed by atoms with van der Waals surface area (Å²) in [5.41, 5.74) is 8.37. The Morgan fingerprint density at radius 1 is 1.06 bits per heavy atom. The quantitative estimate of drug-likeness (QED) is 0.368. The van der Waals surface area contributed by atoms with Crippen LogP contribution in [0.25, 0.3) is 33.3 Å². The van der Waals surface area contributed by atoms with Gasteiger partial charge in [-0.25, -0.2) is 4.98 Å². The average Bonchev–Trinajstić information content (AvgIpc) is 3.62. The van der Waals surface area contributed by atoms with Crippen molar-refractivity contribution in [3.05, 3.63) is 78.2 Å². The topological polar surface area (TPSA) is 81.8 Å². The lowest BCUT2D eigenvalue weighted by Crippen LogP contribution is -2.26. The van der Waals surface area contributed by atoms with E-state index < -0.39 is 0 Å². The van der Waals surface area contributed by atoms with Gasteiger partial charge in [0.15, 0.2) is 0 Å². The van der Waals surface area contributed by atoms with Crippen LogP contribution in [0.5, 0.6) is 0 Å². The van der Waals surface area contributed by atoms with Gasteiger partial charge in [0.2, 0.25) is 0 Å². The average molecular weight is 454 g/mol. The van der Waals surface area contributed by atoms with Crippen LogP contribution in [0.4, 0.5) is 0 Å². The first-order chi connectivity index (χ1) is 16.7. The third kappa shape index (κ3) is 3.53. The minimum Gasteiger partial charge on any atom is -0.381 e. The lowest BCUT2D eigenvalue weighted by molar-refractivity contribution is 0.0547. The molecule has 1 unspecified atom stereocenters. The molecule has 0 amide bonds. The van der Waals surface area contributed by atoms with Gasteiger partial charge in [-0.2, -0.15) is 5.10 Å². The highest BCUT2D eigenvalue weighted by Crippen LogP contribution is 2.40. The number of H-pyrrole nitrogens is 1. The SMILES string of the molecule is Cc1noc(C)c1-c1cc(-c2cn[nH]c2)c2ncn(C(c3ccccc3)C3CCOCC3)c2c1. The number of fused-ring (bicyclic) bond motifs is 1. The first-order valence-corrected chi connectivity index (χ1v) is 11.8. The molecule has 0 spiro atoms. The van der Waals surface area contributed by atoms with Crippen molar-refractivity contribution >= 4 is 11.0 Å². The lowest BCUT2D eigenvalue weighted by atomic mass is 9.86. The number of aromatic nitrogens is 5. The highest BCUT2D eigenvalue weighted by Gasteiger charge is 2.29. The molecule has 0 bridgehead atoms. The van der Waals surface area contributed by atoms with E-state index in [4.69, 9.17) is 14.2 Å². The number of hydrogen-bond donors (Lipinski definition) is 1. The Hall–Kier alpha value is -3.71. The van der Waals surface area contributed by atoms with E-state index in [0.717, 1.165) is 70.8 Å². The van der Waals surface area contributed by atoms with Gasteiger partial charge < -0.3 is 13.8 Å². The highest BCUT2D eigenvalue weighted by atomic mass is 16.5. The van der Waals surface area contributed by atoms with Crippen LogP contribution in [-0.4, -0.2) is 38.1 Å². The van der Waals surface area contributed by atoms with Crippen molar-refractivity contribution in [2.24, 2.45) is 5.92 Å². The number of benzene rings is 2. The zero-order valence-corrected chi connectivity index (χ0v) is 19.4. The molecule has 1 saturated heterocycles. The summed E-state index contributed by atoms with van der Waals surface area (Å²) in [5.74, 6) is 1.28. The van der Waals surface area contributed by atoms with E-state index in [2.05, 4.69) is 62.4 Å². The summed E-state index contributed by atoms with van der Waals surface area (Å²) in [7, 11) is 0. The molecule has 1 aliphatic heterocycles. The minimum atomic E-state index is 0.173. The second kappa shape index (κ2) is 8.57. The van der Waals surface area contributed by atoms with Gasteiger partial charge in [0, 0.05) is 36.1 Å². The molecule has 1 N–H and O–H groups in total. The Morgan fingerprint density at radius 3 is 2.59 bits per heavy atom. The van der Waals surface area contributed by atoms with E-state index >= 15 is 0 Å². The first kappa shape index (κ1) is 20.9. The standard InChI is InChI=1S/C27H27N5O2/c1-17-25(18(2)34-31-17)21-12-23(22-14-29-30-15-22)26-24(13-21)32(16-28-26)27(19-6-4-3-5-7-19)20-8-10-33-11-9-20/h3-7,12-16,20,27H,8-11H2,1-2H3,(H,29,30). The molecule has 3 aromatic heterocycles. The minimum absolute atomic E-state index is 0.173. The Morgan fingerprint density at radius 2 is 1.88 bits per heavy atom. The predicted molar refractivity (Wildman–Crippen MR) is 130 cm³/mol. The van der Waals surface area contributed by atoms with Crippen molar-refractivity contribution in [2.45, 2.75) is 32.7 Å². The zero-order valence-electron chi connectivity index (χ0n) is 19.4. The largest absolute Gasteiger partial charge is 0.381 e. The van der Waals surface area contributed by atoms with Crippen LogP contribution in [0.15, 0.2) is 65.7 Å². The number of nitrogens with zero attached hydrogens (tertiary/aromatic N) is 4. The van der Waals surface area contributed by atoms with Crippen molar-refractivity contribution in [1.29, 1.82) is 0 Å². The fourth-order valence-electron chi connectivity index (χ4n) is 5.35. The van der Waals surface area contributed by atoms with Crippen molar-refractivity contribution in [3.8, 4) is 22.3 Å². The second-order valence-corrected chi connectivity index (χ2v) is 9.03. The van der Waals surface area contributed by atoms with Crippen molar-refractivity contribution in [1.82, 2.24) is 24.9 Å². The number of imidazole rings is 1. The van der Waals surface area contributed by atoms with E-state index in [9.17, 15) is 0 Å². The molecule has 7 nitrogen and oxygen atoms in total. The monoisotopic (exact) mass is 453 g/mol. The molecule has 34 heavy (non-hydrogen) atoms. The van der Waals surface area contributed by atoms with Crippen LogP contribution < -0.4 is 0 Å². The van der Waals surface area contributed by atoms with Crippen LogP contribution in [0.1, 0.15) is 35.9 Å². The zero-order chi connectivity index (χ0) is 23.1. The normalized spacial score (nSPS) is 15.7. The molecule has 0 aliphatic carbocycles. The summed E-state index contributed by atoms with van der Waals surface area (Å²) in [6, 6.07) is 15.3. The van der Waals surface area contributed by atoms with Gasteiger partial charge >= 0.3 is 0 Å². The number of rotatable bonds is 5. The van der Waals surface area contributed by atoms with Gasteiger partial charge in [0.1, 0.15) is 5.76 Å². The summed E-state index contributed by atoms with van der Waals surface area (Å²) < 4.78 is 13.6. The number of hydrogen-bond acceptors (Lipinski definition) is 5. The summed E-state index contributed by atoms with van der Waals surface area (Å²) in [4.78, 5) is 4.93. The Kier molecular flexibility index (Phi) is 5.26. The van der Waals surface area contributed by atoms with E-state index in [0.29, 0.717) is 5.92 Å². The molecule has 5 aromatic rings. The molecule has 1 atom stereocenters. The highest BCUT2D eigenvalue weighted by molar-refractivity contribution is 5.96. The predicted octanol–water partition coefficient (Wildman–Crippen LogP) is 5.71. The van der Waals surface area contributed by atoms with Crippen LogP contribution in [0.2, 0.25) is 0 Å². The molecule has 1 fully saturated rings. The molecule has 0 radical (unpaired) electrons. The molecule has 4 heterocycles. The smallest absolute Gasteiger partial charge is 0.141 e.